The fraction of sp³-hybridized carbons (Fsp3) is 0.231. The highest BCUT2D eigenvalue weighted by Crippen LogP contribution is 2.51. The highest BCUT2D eigenvalue weighted by atomic mass is 19.1. The van der Waals surface area contributed by atoms with Crippen LogP contribution in [0.3, 0.4) is 0 Å². The summed E-state index contributed by atoms with van der Waals surface area (Å²) in [5, 5.41) is 24.2. The molecule has 1 aliphatic heterocycles. The summed E-state index contributed by atoms with van der Waals surface area (Å²) in [4.78, 5) is 16.6. The van der Waals surface area contributed by atoms with E-state index < -0.39 is 35.0 Å². The monoisotopic (exact) mass is 464 g/mol. The largest absolute Gasteiger partial charge is 0.506 e. The molecule has 2 aliphatic rings. The van der Waals surface area contributed by atoms with Gasteiger partial charge in [-0.2, -0.15) is 0 Å². The number of ketones is 1. The first-order chi connectivity index (χ1) is 16.3. The van der Waals surface area contributed by atoms with Gasteiger partial charge in [0, 0.05) is 53.1 Å². The Balaban J connectivity index is 1.73. The minimum atomic E-state index is -0.922. The molecule has 2 aromatic carbocycles. The topological polar surface area (TPSA) is 91.7 Å². The van der Waals surface area contributed by atoms with Gasteiger partial charge in [-0.3, -0.25) is 4.79 Å². The van der Waals surface area contributed by atoms with Crippen molar-refractivity contribution in [3.63, 3.8) is 0 Å². The van der Waals surface area contributed by atoms with E-state index in [2.05, 4.69) is 10.3 Å². The summed E-state index contributed by atoms with van der Waals surface area (Å²) in [6.45, 7) is 2.02. The third kappa shape index (κ3) is 3.60. The van der Waals surface area contributed by atoms with Crippen LogP contribution in [0.15, 0.2) is 60.1 Å². The van der Waals surface area contributed by atoms with Crippen molar-refractivity contribution in [3.05, 3.63) is 82.8 Å². The van der Waals surface area contributed by atoms with Crippen molar-refractivity contribution in [1.29, 1.82) is 0 Å². The van der Waals surface area contributed by atoms with Crippen molar-refractivity contribution in [1.82, 2.24) is 10.3 Å². The standard InChI is InChI=1S/C26H22F2N2O4/c1-12(29-2)7-13-3-4-15-14(5-6-20(31)26(15)30-13)25-16-8-18(27)21(32)10-23(16)34-24-11-22(33)19(28)9-17(24)25/h3-6,8-12,16,25,29,31,33H,7H2,1-2H3/t12-,16?,25?/m1/s1. The van der Waals surface area contributed by atoms with E-state index in [0.29, 0.717) is 28.5 Å². The molecule has 0 saturated carbocycles. The van der Waals surface area contributed by atoms with Gasteiger partial charge in [0.1, 0.15) is 22.8 Å². The molecule has 0 radical (unpaired) electrons. The third-order valence-electron chi connectivity index (χ3n) is 6.43. The number of pyridine rings is 1. The lowest BCUT2D eigenvalue weighted by Gasteiger charge is -2.36. The number of rotatable bonds is 4. The number of phenols is 2. The first-order valence-corrected chi connectivity index (χ1v) is 10.9. The van der Waals surface area contributed by atoms with E-state index in [4.69, 9.17) is 4.74 Å². The van der Waals surface area contributed by atoms with Crippen LogP contribution in [-0.4, -0.2) is 34.1 Å². The number of ether oxygens (including phenoxy) is 1. The van der Waals surface area contributed by atoms with Crippen molar-refractivity contribution in [2.45, 2.75) is 25.3 Å². The molecule has 3 atom stereocenters. The van der Waals surface area contributed by atoms with Crippen LogP contribution in [0.4, 0.5) is 8.78 Å². The molecule has 2 unspecified atom stereocenters. The number of allylic oxidation sites excluding steroid dienone is 3. The second-order valence-electron chi connectivity index (χ2n) is 8.64. The van der Waals surface area contributed by atoms with Crippen LogP contribution in [0.5, 0.6) is 17.2 Å². The van der Waals surface area contributed by atoms with Crippen molar-refractivity contribution >= 4 is 16.7 Å². The number of aromatic nitrogens is 1. The van der Waals surface area contributed by atoms with Gasteiger partial charge in [-0.1, -0.05) is 12.1 Å². The van der Waals surface area contributed by atoms with Crippen LogP contribution in [0.1, 0.15) is 29.7 Å². The van der Waals surface area contributed by atoms with Crippen molar-refractivity contribution in [2.75, 3.05) is 7.05 Å². The van der Waals surface area contributed by atoms with E-state index in [1.807, 2.05) is 26.1 Å². The molecule has 6 nitrogen and oxygen atoms in total. The maximum atomic E-state index is 14.4. The molecule has 0 spiro atoms. The summed E-state index contributed by atoms with van der Waals surface area (Å²) in [6.07, 6.45) is 2.89. The Labute approximate surface area is 194 Å². The molecule has 0 fully saturated rings. The molecule has 174 valence electrons. The smallest absolute Gasteiger partial charge is 0.217 e. The second-order valence-corrected chi connectivity index (χ2v) is 8.64. The zero-order valence-electron chi connectivity index (χ0n) is 18.5. The minimum absolute atomic E-state index is 0.0156. The average molecular weight is 464 g/mol. The third-order valence-corrected chi connectivity index (χ3v) is 6.43. The van der Waals surface area contributed by atoms with Gasteiger partial charge >= 0.3 is 0 Å². The summed E-state index contributed by atoms with van der Waals surface area (Å²) < 4.78 is 34.6. The molecule has 0 amide bonds. The Morgan fingerprint density at radius 1 is 1.12 bits per heavy atom. The predicted octanol–water partition coefficient (Wildman–Crippen LogP) is 4.40. The second kappa shape index (κ2) is 8.22. The van der Waals surface area contributed by atoms with Crippen LogP contribution < -0.4 is 10.1 Å². The van der Waals surface area contributed by atoms with E-state index in [9.17, 15) is 23.8 Å². The van der Waals surface area contributed by atoms with Gasteiger partial charge in [-0.15, -0.1) is 0 Å². The molecular weight excluding hydrogens is 442 g/mol. The number of phenolic OH excluding ortho intramolecular Hbond substituents is 2. The molecule has 3 N–H and O–H groups in total. The van der Waals surface area contributed by atoms with Gasteiger partial charge in [0.15, 0.2) is 17.4 Å². The molecule has 1 aliphatic carbocycles. The van der Waals surface area contributed by atoms with Crippen LogP contribution in [0.25, 0.3) is 10.9 Å². The number of hydrogen-bond acceptors (Lipinski definition) is 6. The number of fused-ring (bicyclic) bond motifs is 3. The van der Waals surface area contributed by atoms with Gasteiger partial charge < -0.3 is 20.3 Å². The first-order valence-electron chi connectivity index (χ1n) is 10.9. The maximum Gasteiger partial charge on any atom is 0.217 e. The Morgan fingerprint density at radius 2 is 1.91 bits per heavy atom. The lowest BCUT2D eigenvalue weighted by atomic mass is 9.74. The number of nitrogens with one attached hydrogen (secondary N) is 1. The highest BCUT2D eigenvalue weighted by molar-refractivity contribution is 6.04. The molecular formula is C26H22F2N2O4. The van der Waals surface area contributed by atoms with Crippen LogP contribution in [0.2, 0.25) is 0 Å². The molecule has 34 heavy (non-hydrogen) atoms. The lowest BCUT2D eigenvalue weighted by Crippen LogP contribution is -2.28. The first kappa shape index (κ1) is 22.0. The van der Waals surface area contributed by atoms with Gasteiger partial charge in [0.05, 0.1) is 0 Å². The minimum Gasteiger partial charge on any atom is -0.506 e. The number of likely N-dealkylation sites (N-methyl/N-ethyl adjacent to an activating group) is 1. The van der Waals surface area contributed by atoms with E-state index in [0.717, 1.165) is 23.9 Å². The average Bonchev–Trinajstić information content (AvgIpc) is 2.81. The maximum absolute atomic E-state index is 14.4. The number of aromatic hydroxyl groups is 2. The molecule has 2 heterocycles. The Morgan fingerprint density at radius 3 is 2.68 bits per heavy atom. The van der Waals surface area contributed by atoms with E-state index in [1.165, 1.54) is 12.1 Å². The van der Waals surface area contributed by atoms with Gasteiger partial charge in [-0.25, -0.2) is 13.8 Å². The summed E-state index contributed by atoms with van der Waals surface area (Å²) in [5.41, 5.74) is 2.18. The lowest BCUT2D eigenvalue weighted by molar-refractivity contribution is -0.113. The van der Waals surface area contributed by atoms with E-state index >= 15 is 0 Å². The summed E-state index contributed by atoms with van der Waals surface area (Å²) >= 11 is 0. The van der Waals surface area contributed by atoms with Gasteiger partial charge in [0.2, 0.25) is 5.78 Å². The predicted molar refractivity (Wildman–Crippen MR) is 122 cm³/mol. The number of halogens is 2. The molecule has 8 heteroatoms. The summed E-state index contributed by atoms with van der Waals surface area (Å²) in [5.74, 6) is -4.22. The Hall–Kier alpha value is -3.78. The SMILES string of the molecule is CN[C@H](C)Cc1ccc2c(C3c4cc(F)c(O)cc4OC4=CC(=O)C(F)=CC43)ccc(O)c2n1. The number of benzene rings is 2. The summed E-state index contributed by atoms with van der Waals surface area (Å²) in [6, 6.07) is 9.34. The van der Waals surface area contributed by atoms with Crippen molar-refractivity contribution in [3.8, 4) is 17.2 Å². The number of carbonyl (C=O) groups excluding carboxylic acids is 1. The van der Waals surface area contributed by atoms with Crippen molar-refractivity contribution < 1.29 is 28.5 Å². The van der Waals surface area contributed by atoms with E-state index in [-0.39, 0.29) is 23.3 Å². The number of carbonyl (C=O) groups is 1. The molecule has 1 aromatic heterocycles. The van der Waals surface area contributed by atoms with Crippen LogP contribution in [-0.2, 0) is 11.2 Å². The molecule has 3 aromatic rings. The molecule has 5 rings (SSSR count). The van der Waals surface area contributed by atoms with Gasteiger partial charge in [0.25, 0.3) is 0 Å². The zero-order valence-corrected chi connectivity index (χ0v) is 18.5. The van der Waals surface area contributed by atoms with Gasteiger partial charge in [-0.05, 0) is 43.8 Å². The Bertz CT molecular complexity index is 1400. The normalized spacial score (nSPS) is 20.2. The van der Waals surface area contributed by atoms with Crippen LogP contribution >= 0.6 is 0 Å². The van der Waals surface area contributed by atoms with Crippen molar-refractivity contribution in [2.24, 2.45) is 5.92 Å². The number of nitrogens with zero attached hydrogens (tertiary/aromatic N) is 1. The summed E-state index contributed by atoms with van der Waals surface area (Å²) in [7, 11) is 1.85. The fourth-order valence-electron chi connectivity index (χ4n) is 4.61. The molecule has 0 bridgehead atoms. The Kier molecular flexibility index (Phi) is 5.32. The highest BCUT2D eigenvalue weighted by Gasteiger charge is 2.40. The fourth-order valence-corrected chi connectivity index (χ4v) is 4.61. The quantitative estimate of drug-likeness (QED) is 0.530. The van der Waals surface area contributed by atoms with E-state index in [1.54, 1.807) is 6.07 Å². The zero-order chi connectivity index (χ0) is 24.1. The molecule has 0 saturated heterocycles. The number of hydrogen-bond donors (Lipinski definition) is 3. The van der Waals surface area contributed by atoms with Crippen LogP contribution in [0, 0.1) is 11.7 Å².